The fraction of sp³-hybridized carbons (Fsp3) is 0.667. The maximum atomic E-state index is 4.42. The summed E-state index contributed by atoms with van der Waals surface area (Å²) in [5.74, 6) is 0.868. The van der Waals surface area contributed by atoms with Gasteiger partial charge in [-0.2, -0.15) is 0 Å². The van der Waals surface area contributed by atoms with Crippen LogP contribution in [0.2, 0.25) is 0 Å². The molecule has 0 aromatic rings. The van der Waals surface area contributed by atoms with Crippen molar-refractivity contribution in [3.8, 4) is 0 Å². The first-order valence-corrected chi connectivity index (χ1v) is 5.65. The van der Waals surface area contributed by atoms with Crippen LogP contribution in [0.4, 0.5) is 0 Å². The fourth-order valence-corrected chi connectivity index (χ4v) is 3.13. The molecule has 0 aromatic heterocycles. The molecule has 1 aliphatic carbocycles. The molecule has 1 heterocycles. The van der Waals surface area contributed by atoms with Crippen LogP contribution >= 0.6 is 15.9 Å². The lowest BCUT2D eigenvalue weighted by atomic mass is 10.3. The van der Waals surface area contributed by atoms with E-state index in [0.717, 1.165) is 5.92 Å². The van der Waals surface area contributed by atoms with E-state index in [0.29, 0.717) is 0 Å². The standard InChI is InChI=1S/C6H8NP2/c1-4-6(5-2-3-5)7-9-8-4/h5H,2-3H2,1H3. The van der Waals surface area contributed by atoms with Crippen LogP contribution in [0.15, 0.2) is 11.0 Å². The third-order valence-electron chi connectivity index (χ3n) is 1.68. The summed E-state index contributed by atoms with van der Waals surface area (Å²) in [5.41, 5.74) is 1.43. The Morgan fingerprint density at radius 2 is 2.33 bits per heavy atom. The van der Waals surface area contributed by atoms with Gasteiger partial charge in [0.2, 0.25) is 0 Å². The molecule has 3 heteroatoms. The van der Waals surface area contributed by atoms with Crippen molar-refractivity contribution in [3.05, 3.63) is 11.0 Å². The Balaban J connectivity index is 2.19. The second-order valence-electron chi connectivity index (χ2n) is 2.53. The van der Waals surface area contributed by atoms with Gasteiger partial charge in [0.25, 0.3) is 0 Å². The highest BCUT2D eigenvalue weighted by atomic mass is 31.7. The van der Waals surface area contributed by atoms with E-state index in [2.05, 4.69) is 12.0 Å². The molecule has 0 amide bonds. The lowest BCUT2D eigenvalue weighted by molar-refractivity contribution is 0.925. The Morgan fingerprint density at radius 1 is 1.56 bits per heavy atom. The summed E-state index contributed by atoms with van der Waals surface area (Å²) < 4.78 is 0. The van der Waals surface area contributed by atoms with Crippen LogP contribution in [0.25, 0.3) is 0 Å². The van der Waals surface area contributed by atoms with Gasteiger partial charge in [0.1, 0.15) is 0 Å². The number of allylic oxidation sites excluding steroid dienone is 2. The van der Waals surface area contributed by atoms with Crippen LogP contribution in [-0.4, -0.2) is 0 Å². The highest BCUT2D eigenvalue weighted by Crippen LogP contribution is 2.46. The second-order valence-corrected chi connectivity index (χ2v) is 4.92. The molecule has 2 rings (SSSR count). The van der Waals surface area contributed by atoms with Crippen molar-refractivity contribution in [2.24, 2.45) is 5.92 Å². The van der Waals surface area contributed by atoms with E-state index in [-0.39, 0.29) is 0 Å². The topological polar surface area (TPSA) is 14.1 Å². The summed E-state index contributed by atoms with van der Waals surface area (Å²) in [6, 6.07) is 0. The van der Waals surface area contributed by atoms with Crippen LogP contribution in [0.3, 0.4) is 0 Å². The predicted octanol–water partition coefficient (Wildman–Crippen LogP) is 2.97. The summed E-state index contributed by atoms with van der Waals surface area (Å²) in [4.78, 5) is 0. The molecule has 0 bridgehead atoms. The zero-order valence-corrected chi connectivity index (χ0v) is 7.12. The largest absolute Gasteiger partial charge is 0.226 e. The Labute approximate surface area is 58.4 Å². The van der Waals surface area contributed by atoms with E-state index in [1.54, 1.807) is 0 Å². The van der Waals surface area contributed by atoms with Gasteiger partial charge in [-0.1, -0.05) is 0 Å². The zero-order chi connectivity index (χ0) is 6.27. The highest BCUT2D eigenvalue weighted by Gasteiger charge is 2.29. The molecule has 0 unspecified atom stereocenters. The van der Waals surface area contributed by atoms with Gasteiger partial charge in [0.05, 0.1) is 13.7 Å². The van der Waals surface area contributed by atoms with Gasteiger partial charge in [-0.25, -0.2) is 5.09 Å². The van der Waals surface area contributed by atoms with Crippen molar-refractivity contribution in [1.29, 1.82) is 0 Å². The summed E-state index contributed by atoms with van der Waals surface area (Å²) in [5, 5.41) is 5.93. The number of hydrogen-bond acceptors (Lipinski definition) is 0. The molecule has 2 aliphatic rings. The first kappa shape index (κ1) is 5.89. The van der Waals surface area contributed by atoms with Crippen molar-refractivity contribution in [2.45, 2.75) is 19.8 Å². The molecule has 0 N–H and O–H groups in total. The van der Waals surface area contributed by atoms with E-state index in [4.69, 9.17) is 0 Å². The van der Waals surface area contributed by atoms with E-state index in [1.807, 2.05) is 0 Å². The van der Waals surface area contributed by atoms with Crippen molar-refractivity contribution in [1.82, 2.24) is 5.09 Å². The quantitative estimate of drug-likeness (QED) is 0.518. The monoisotopic (exact) mass is 156 g/mol. The Kier molecular flexibility index (Phi) is 1.36. The van der Waals surface area contributed by atoms with Gasteiger partial charge in [-0.3, -0.25) is 0 Å². The van der Waals surface area contributed by atoms with Gasteiger partial charge >= 0.3 is 0 Å². The Bertz CT molecular complexity index is 191. The SMILES string of the molecule is CC1=C(C2CC2)[N]P=P1. The van der Waals surface area contributed by atoms with E-state index in [9.17, 15) is 0 Å². The van der Waals surface area contributed by atoms with Crippen molar-refractivity contribution in [3.63, 3.8) is 0 Å². The molecule has 1 nitrogen and oxygen atoms in total. The van der Waals surface area contributed by atoms with Crippen molar-refractivity contribution >= 4 is 15.9 Å². The van der Waals surface area contributed by atoms with Gasteiger partial charge in [-0.15, -0.1) is 0 Å². The van der Waals surface area contributed by atoms with Gasteiger partial charge < -0.3 is 0 Å². The summed E-state index contributed by atoms with van der Waals surface area (Å²) in [7, 11) is 2.67. The normalized spacial score (nSPS) is 28.6. The maximum Gasteiger partial charge on any atom is 0.0699 e. The maximum absolute atomic E-state index is 4.42. The average molecular weight is 156 g/mol. The van der Waals surface area contributed by atoms with Crippen LogP contribution in [0.1, 0.15) is 19.8 Å². The van der Waals surface area contributed by atoms with Gasteiger partial charge in [0, 0.05) is 11.2 Å². The third-order valence-corrected chi connectivity index (χ3v) is 4.04. The lowest BCUT2D eigenvalue weighted by Crippen LogP contribution is -1.91. The van der Waals surface area contributed by atoms with E-state index >= 15 is 0 Å². The van der Waals surface area contributed by atoms with Crippen molar-refractivity contribution in [2.75, 3.05) is 0 Å². The van der Waals surface area contributed by atoms with Crippen LogP contribution < -0.4 is 5.09 Å². The lowest BCUT2D eigenvalue weighted by Gasteiger charge is -1.95. The van der Waals surface area contributed by atoms with Gasteiger partial charge in [-0.05, 0) is 27.6 Å². The number of hydrogen-bond donors (Lipinski definition) is 0. The van der Waals surface area contributed by atoms with E-state index in [1.165, 1.54) is 39.7 Å². The van der Waals surface area contributed by atoms with Crippen LogP contribution in [-0.2, 0) is 0 Å². The molecule has 0 aromatic carbocycles. The van der Waals surface area contributed by atoms with Gasteiger partial charge in [0.15, 0.2) is 0 Å². The van der Waals surface area contributed by atoms with Crippen LogP contribution in [0.5, 0.6) is 0 Å². The fourth-order valence-electron chi connectivity index (χ4n) is 0.995. The number of nitrogens with zero attached hydrogens (tertiary/aromatic N) is 1. The van der Waals surface area contributed by atoms with E-state index < -0.39 is 0 Å². The molecule has 0 atom stereocenters. The smallest absolute Gasteiger partial charge is 0.0699 e. The summed E-state index contributed by atoms with van der Waals surface area (Å²) in [6.45, 7) is 2.21. The molecule has 0 saturated heterocycles. The molecule has 1 fully saturated rings. The second kappa shape index (κ2) is 2.08. The zero-order valence-electron chi connectivity index (χ0n) is 5.33. The third kappa shape index (κ3) is 1.04. The first-order valence-electron chi connectivity index (χ1n) is 3.20. The molecule has 0 spiro atoms. The molecular weight excluding hydrogens is 148 g/mol. The molecular formula is C6H8NP2. The van der Waals surface area contributed by atoms with Crippen molar-refractivity contribution < 1.29 is 0 Å². The minimum atomic E-state index is 0.868. The molecule has 9 heavy (non-hydrogen) atoms. The predicted molar refractivity (Wildman–Crippen MR) is 41.4 cm³/mol. The average Bonchev–Trinajstić information content (AvgIpc) is 2.58. The molecule has 47 valence electrons. The Morgan fingerprint density at radius 3 is 2.78 bits per heavy atom. The molecule has 1 saturated carbocycles. The minimum absolute atomic E-state index is 0.868. The Hall–Kier alpha value is 0.140. The summed E-state index contributed by atoms with van der Waals surface area (Å²) >= 11 is 0. The number of rotatable bonds is 1. The molecule has 1 radical (unpaired) electrons. The molecule has 1 aliphatic heterocycles. The van der Waals surface area contributed by atoms with Crippen LogP contribution in [0, 0.1) is 5.92 Å². The minimum Gasteiger partial charge on any atom is -0.226 e. The first-order chi connectivity index (χ1) is 4.38. The highest BCUT2D eigenvalue weighted by molar-refractivity contribution is 7.85. The summed E-state index contributed by atoms with van der Waals surface area (Å²) in [6.07, 6.45) is 2.78.